The molecule has 6 heteroatoms. The second-order valence-corrected chi connectivity index (χ2v) is 4.91. The number of primary amides is 1. The van der Waals surface area contributed by atoms with Gasteiger partial charge in [0.15, 0.2) is 0 Å². The molecule has 2 amide bonds. The molecule has 1 fully saturated rings. The van der Waals surface area contributed by atoms with Gasteiger partial charge in [-0.15, -0.1) is 0 Å². The minimum atomic E-state index is -1.16. The lowest BCUT2D eigenvalue weighted by Crippen LogP contribution is -2.42. The Morgan fingerprint density at radius 3 is 2.40 bits per heavy atom. The predicted molar refractivity (Wildman–Crippen MR) is 70.7 cm³/mol. The van der Waals surface area contributed by atoms with Crippen molar-refractivity contribution in [2.75, 3.05) is 13.1 Å². The molecule has 2 atom stereocenters. The molecule has 0 saturated heterocycles. The van der Waals surface area contributed by atoms with E-state index in [0.29, 0.717) is 6.42 Å². The number of amides is 2. The Morgan fingerprint density at radius 1 is 1.20 bits per heavy atom. The third-order valence-corrected chi connectivity index (χ3v) is 3.32. The van der Waals surface area contributed by atoms with Gasteiger partial charge in [-0.05, 0) is 17.9 Å². The number of rotatable bonds is 6. The number of carbonyl (C=O) groups is 3. The van der Waals surface area contributed by atoms with Crippen molar-refractivity contribution in [3.05, 3.63) is 35.9 Å². The van der Waals surface area contributed by atoms with Crippen LogP contribution in [-0.2, 0) is 14.4 Å². The zero-order valence-corrected chi connectivity index (χ0v) is 10.9. The number of carboxylic acids is 1. The lowest BCUT2D eigenvalue weighted by atomic mass is 10.1. The summed E-state index contributed by atoms with van der Waals surface area (Å²) in [6.45, 7) is -0.858. The summed E-state index contributed by atoms with van der Waals surface area (Å²) in [5.41, 5.74) is 6.10. The van der Waals surface area contributed by atoms with Crippen LogP contribution in [0.25, 0.3) is 0 Å². The van der Waals surface area contributed by atoms with Crippen LogP contribution in [0, 0.1) is 5.92 Å². The fraction of sp³-hybridized carbons (Fsp3) is 0.357. The second kappa shape index (κ2) is 5.73. The first-order valence-electron chi connectivity index (χ1n) is 6.33. The lowest BCUT2D eigenvalue weighted by molar-refractivity contribution is -0.146. The number of carboxylic acid groups (broad SMARTS) is 1. The summed E-state index contributed by atoms with van der Waals surface area (Å²) in [4.78, 5) is 34.9. The van der Waals surface area contributed by atoms with Gasteiger partial charge in [-0.3, -0.25) is 14.4 Å². The maximum Gasteiger partial charge on any atom is 0.323 e. The Bertz CT molecular complexity index is 513. The monoisotopic (exact) mass is 276 g/mol. The number of nitrogens with zero attached hydrogens (tertiary/aromatic N) is 1. The lowest BCUT2D eigenvalue weighted by Gasteiger charge is -2.19. The van der Waals surface area contributed by atoms with Crippen LogP contribution in [0.2, 0.25) is 0 Å². The maximum absolute atomic E-state index is 12.2. The first-order valence-corrected chi connectivity index (χ1v) is 6.33. The first kappa shape index (κ1) is 14.0. The average Bonchev–Trinajstić information content (AvgIpc) is 3.17. The molecule has 1 saturated carbocycles. The Hall–Kier alpha value is -2.37. The molecular formula is C14H16N2O4. The van der Waals surface area contributed by atoms with E-state index < -0.39 is 18.4 Å². The van der Waals surface area contributed by atoms with Gasteiger partial charge >= 0.3 is 5.97 Å². The Balaban J connectivity index is 2.02. The first-order chi connectivity index (χ1) is 9.49. The van der Waals surface area contributed by atoms with Gasteiger partial charge in [0.2, 0.25) is 11.8 Å². The fourth-order valence-corrected chi connectivity index (χ4v) is 2.33. The van der Waals surface area contributed by atoms with Gasteiger partial charge in [0, 0.05) is 5.92 Å². The molecule has 1 aliphatic rings. The summed E-state index contributed by atoms with van der Waals surface area (Å²) in [6, 6.07) is 9.56. The van der Waals surface area contributed by atoms with E-state index in [1.807, 2.05) is 30.3 Å². The van der Waals surface area contributed by atoms with E-state index in [4.69, 9.17) is 10.8 Å². The summed E-state index contributed by atoms with van der Waals surface area (Å²) < 4.78 is 0. The van der Waals surface area contributed by atoms with Gasteiger partial charge in [0.05, 0.1) is 6.54 Å². The van der Waals surface area contributed by atoms with Crippen LogP contribution in [0.1, 0.15) is 17.9 Å². The highest BCUT2D eigenvalue weighted by molar-refractivity contribution is 5.90. The van der Waals surface area contributed by atoms with Crippen molar-refractivity contribution in [1.82, 2.24) is 4.90 Å². The molecule has 0 aromatic heterocycles. The molecule has 20 heavy (non-hydrogen) atoms. The molecule has 0 bridgehead atoms. The number of hydrogen-bond acceptors (Lipinski definition) is 3. The number of carbonyl (C=O) groups excluding carboxylic acids is 2. The number of aliphatic carboxylic acids is 1. The molecule has 3 N–H and O–H groups in total. The van der Waals surface area contributed by atoms with E-state index in [1.54, 1.807) is 0 Å². The van der Waals surface area contributed by atoms with E-state index in [1.165, 1.54) is 0 Å². The van der Waals surface area contributed by atoms with Crippen LogP contribution in [0.15, 0.2) is 30.3 Å². The molecule has 2 rings (SSSR count). The van der Waals surface area contributed by atoms with Gasteiger partial charge in [-0.25, -0.2) is 0 Å². The molecule has 0 heterocycles. The van der Waals surface area contributed by atoms with Crippen LogP contribution < -0.4 is 5.73 Å². The average molecular weight is 276 g/mol. The molecule has 1 aromatic carbocycles. The van der Waals surface area contributed by atoms with Gasteiger partial charge in [0.1, 0.15) is 6.54 Å². The SMILES string of the molecule is NC(=O)CN(CC(=O)O)C(=O)C1CC1c1ccccc1. The van der Waals surface area contributed by atoms with E-state index in [-0.39, 0.29) is 24.3 Å². The van der Waals surface area contributed by atoms with Crippen LogP contribution in [0.4, 0.5) is 0 Å². The van der Waals surface area contributed by atoms with Gasteiger partial charge in [-0.1, -0.05) is 30.3 Å². The van der Waals surface area contributed by atoms with Crippen LogP contribution in [0.3, 0.4) is 0 Å². The Morgan fingerprint density at radius 2 is 1.85 bits per heavy atom. The normalized spacial score (nSPS) is 20.2. The minimum absolute atomic E-state index is 0.105. The summed E-state index contributed by atoms with van der Waals surface area (Å²) in [7, 11) is 0. The smallest absolute Gasteiger partial charge is 0.323 e. The van der Waals surface area contributed by atoms with E-state index in [2.05, 4.69) is 0 Å². The molecule has 2 unspecified atom stereocenters. The van der Waals surface area contributed by atoms with E-state index >= 15 is 0 Å². The third kappa shape index (κ3) is 3.34. The second-order valence-electron chi connectivity index (χ2n) is 4.91. The predicted octanol–water partition coefficient (Wildman–Crippen LogP) is 0.189. The molecule has 0 spiro atoms. The van der Waals surface area contributed by atoms with Crippen LogP contribution in [-0.4, -0.2) is 40.9 Å². The van der Waals surface area contributed by atoms with E-state index in [0.717, 1.165) is 10.5 Å². The van der Waals surface area contributed by atoms with Crippen molar-refractivity contribution in [2.45, 2.75) is 12.3 Å². The maximum atomic E-state index is 12.2. The molecule has 0 aliphatic heterocycles. The van der Waals surface area contributed by atoms with Gasteiger partial charge in [-0.2, -0.15) is 0 Å². The molecule has 6 nitrogen and oxygen atoms in total. The number of benzene rings is 1. The fourth-order valence-electron chi connectivity index (χ4n) is 2.33. The Kier molecular flexibility index (Phi) is 4.02. The molecule has 1 aliphatic carbocycles. The highest BCUT2D eigenvalue weighted by Crippen LogP contribution is 2.48. The summed E-state index contributed by atoms with van der Waals surface area (Å²) in [5.74, 6) is -2.34. The Labute approximate surface area is 116 Å². The van der Waals surface area contributed by atoms with Crippen molar-refractivity contribution >= 4 is 17.8 Å². The number of hydrogen-bond donors (Lipinski definition) is 2. The summed E-state index contributed by atoms with van der Waals surface area (Å²) in [5, 5.41) is 8.78. The molecule has 0 radical (unpaired) electrons. The zero-order valence-electron chi connectivity index (χ0n) is 10.9. The molecular weight excluding hydrogens is 260 g/mol. The van der Waals surface area contributed by atoms with Gasteiger partial charge < -0.3 is 15.7 Å². The quantitative estimate of drug-likeness (QED) is 0.774. The largest absolute Gasteiger partial charge is 0.480 e. The minimum Gasteiger partial charge on any atom is -0.480 e. The van der Waals surface area contributed by atoms with Crippen molar-refractivity contribution < 1.29 is 19.5 Å². The third-order valence-electron chi connectivity index (χ3n) is 3.32. The summed E-state index contributed by atoms with van der Waals surface area (Å²) in [6.07, 6.45) is 0.678. The van der Waals surface area contributed by atoms with Crippen molar-refractivity contribution in [3.8, 4) is 0 Å². The zero-order chi connectivity index (χ0) is 14.7. The van der Waals surface area contributed by atoms with Crippen LogP contribution >= 0.6 is 0 Å². The highest BCUT2D eigenvalue weighted by Gasteiger charge is 2.46. The van der Waals surface area contributed by atoms with Crippen molar-refractivity contribution in [1.29, 1.82) is 0 Å². The topological polar surface area (TPSA) is 101 Å². The van der Waals surface area contributed by atoms with Crippen molar-refractivity contribution in [2.24, 2.45) is 11.7 Å². The molecule has 1 aromatic rings. The van der Waals surface area contributed by atoms with E-state index in [9.17, 15) is 14.4 Å². The number of nitrogens with two attached hydrogens (primary N) is 1. The highest BCUT2D eigenvalue weighted by atomic mass is 16.4. The molecule has 106 valence electrons. The standard InChI is InChI=1S/C14H16N2O4/c15-12(17)7-16(8-13(18)19)14(20)11-6-10(11)9-4-2-1-3-5-9/h1-5,10-11H,6-8H2,(H2,15,17)(H,18,19). The summed E-state index contributed by atoms with van der Waals surface area (Å²) >= 11 is 0. The van der Waals surface area contributed by atoms with Crippen LogP contribution in [0.5, 0.6) is 0 Å². The van der Waals surface area contributed by atoms with Gasteiger partial charge in [0.25, 0.3) is 0 Å². The van der Waals surface area contributed by atoms with Crippen molar-refractivity contribution in [3.63, 3.8) is 0 Å².